The molecule has 1 aromatic carbocycles. The summed E-state index contributed by atoms with van der Waals surface area (Å²) in [5.41, 5.74) is 12.2. The topological polar surface area (TPSA) is 152 Å². The second-order valence-electron chi connectivity index (χ2n) is 11.2. The van der Waals surface area contributed by atoms with Crippen LogP contribution >= 0.6 is 12.4 Å². The summed E-state index contributed by atoms with van der Waals surface area (Å²) in [6.45, 7) is 8.07. The van der Waals surface area contributed by atoms with Crippen LogP contribution in [0.5, 0.6) is 0 Å². The second kappa shape index (κ2) is 12.9. The Morgan fingerprint density at radius 3 is 2.26 bits per heavy atom. The molecule has 3 amide bonds. The molecule has 2 fully saturated rings. The van der Waals surface area contributed by atoms with Gasteiger partial charge in [0.25, 0.3) is 0 Å². The number of nitrogens with zero attached hydrogens (tertiary/aromatic N) is 4. The van der Waals surface area contributed by atoms with Crippen molar-refractivity contribution in [3.05, 3.63) is 52.6 Å². The summed E-state index contributed by atoms with van der Waals surface area (Å²) in [5, 5.41) is 6.27. The number of anilines is 1. The smallest absolute Gasteiger partial charge is 0.338 e. The predicted octanol–water partition coefficient (Wildman–Crippen LogP) is 1.33. The summed E-state index contributed by atoms with van der Waals surface area (Å²) < 4.78 is 1.44. The third-order valence-electron chi connectivity index (χ3n) is 7.23. The molecule has 39 heavy (non-hydrogen) atoms. The number of hydrogen-bond acceptors (Lipinski definition) is 7. The Labute approximate surface area is 235 Å². The molecule has 1 saturated heterocycles. The molecule has 2 heterocycles. The molecule has 214 valence electrons. The Bertz CT molecular complexity index is 1180. The lowest BCUT2D eigenvalue weighted by atomic mass is 9.81. The summed E-state index contributed by atoms with van der Waals surface area (Å²) in [4.78, 5) is 45.0. The van der Waals surface area contributed by atoms with E-state index in [4.69, 9.17) is 11.5 Å². The van der Waals surface area contributed by atoms with E-state index in [0.29, 0.717) is 49.9 Å². The molecular weight excluding hydrogens is 520 g/mol. The van der Waals surface area contributed by atoms with Crippen molar-refractivity contribution < 1.29 is 9.59 Å². The Morgan fingerprint density at radius 1 is 1.08 bits per heavy atom. The van der Waals surface area contributed by atoms with Gasteiger partial charge in [-0.25, -0.2) is 9.59 Å². The third kappa shape index (κ3) is 8.01. The number of halogens is 1. The number of urea groups is 1. The zero-order chi connectivity index (χ0) is 27.4. The van der Waals surface area contributed by atoms with Crippen LogP contribution in [0.4, 0.5) is 10.6 Å². The number of carbonyl (C=O) groups is 2. The van der Waals surface area contributed by atoms with E-state index < -0.39 is 11.2 Å². The van der Waals surface area contributed by atoms with Crippen LogP contribution in [0.25, 0.3) is 5.69 Å². The SMILES string of the molecule is CC(Cc1ccc(-n2ccc(NC(=O)N3CCN(C(=O)C(C)(C)N)CC3)nc2=O)cc1)NC[C@H]1C[C@@H](N)C1.Cl. The van der Waals surface area contributed by atoms with Gasteiger partial charge in [0.15, 0.2) is 0 Å². The summed E-state index contributed by atoms with van der Waals surface area (Å²) in [6.07, 6.45) is 4.70. The molecule has 6 N–H and O–H groups in total. The van der Waals surface area contributed by atoms with Crippen LogP contribution in [0.3, 0.4) is 0 Å². The van der Waals surface area contributed by atoms with Gasteiger partial charge in [0.2, 0.25) is 5.91 Å². The molecule has 0 spiro atoms. The predicted molar refractivity (Wildman–Crippen MR) is 154 cm³/mol. The Morgan fingerprint density at radius 2 is 1.69 bits per heavy atom. The zero-order valence-corrected chi connectivity index (χ0v) is 23.7. The number of nitrogens with one attached hydrogen (secondary N) is 2. The molecule has 4 rings (SSSR count). The number of aromatic nitrogens is 2. The average molecular weight is 561 g/mol. The van der Waals surface area contributed by atoms with Crippen LogP contribution in [-0.4, -0.2) is 81.6 Å². The maximum atomic E-state index is 12.7. The first-order chi connectivity index (χ1) is 18.0. The summed E-state index contributed by atoms with van der Waals surface area (Å²) in [5.74, 6) is 0.727. The first-order valence-electron chi connectivity index (χ1n) is 13.3. The van der Waals surface area contributed by atoms with Gasteiger partial charge in [-0.3, -0.25) is 14.7 Å². The first-order valence-corrected chi connectivity index (χ1v) is 13.3. The lowest BCUT2D eigenvalue weighted by Crippen LogP contribution is -2.58. The van der Waals surface area contributed by atoms with Crippen LogP contribution in [-0.2, 0) is 11.2 Å². The van der Waals surface area contributed by atoms with E-state index in [2.05, 4.69) is 22.5 Å². The van der Waals surface area contributed by atoms with Crippen LogP contribution in [0, 0.1) is 5.92 Å². The quantitative estimate of drug-likeness (QED) is 0.380. The van der Waals surface area contributed by atoms with Gasteiger partial charge in [-0.15, -0.1) is 12.4 Å². The van der Waals surface area contributed by atoms with Gasteiger partial charge in [-0.1, -0.05) is 12.1 Å². The Hall–Kier alpha value is -2.99. The van der Waals surface area contributed by atoms with Crippen molar-refractivity contribution in [2.75, 3.05) is 38.0 Å². The largest absolute Gasteiger partial charge is 0.354 e. The molecular formula is C27H41ClN8O3. The summed E-state index contributed by atoms with van der Waals surface area (Å²) >= 11 is 0. The van der Waals surface area contributed by atoms with Crippen molar-refractivity contribution in [1.82, 2.24) is 24.7 Å². The van der Waals surface area contributed by atoms with Crippen LogP contribution in [0.15, 0.2) is 41.3 Å². The highest BCUT2D eigenvalue weighted by molar-refractivity contribution is 5.89. The fourth-order valence-electron chi connectivity index (χ4n) is 4.92. The van der Waals surface area contributed by atoms with Gasteiger partial charge in [-0.05, 0) is 76.3 Å². The minimum atomic E-state index is -0.946. The van der Waals surface area contributed by atoms with Crippen LogP contribution in [0.1, 0.15) is 39.2 Å². The van der Waals surface area contributed by atoms with Crippen molar-refractivity contribution in [2.45, 2.75) is 57.7 Å². The van der Waals surface area contributed by atoms with Gasteiger partial charge >= 0.3 is 11.7 Å². The van der Waals surface area contributed by atoms with Crippen molar-refractivity contribution in [3.8, 4) is 5.69 Å². The minimum absolute atomic E-state index is 0. The van der Waals surface area contributed by atoms with Crippen molar-refractivity contribution in [2.24, 2.45) is 17.4 Å². The molecule has 1 aliphatic carbocycles. The second-order valence-corrected chi connectivity index (χ2v) is 11.2. The maximum absolute atomic E-state index is 12.7. The number of carbonyl (C=O) groups excluding carboxylic acids is 2. The highest BCUT2D eigenvalue weighted by Gasteiger charge is 2.31. The fraction of sp³-hybridized carbons (Fsp3) is 0.556. The van der Waals surface area contributed by atoms with Gasteiger partial charge in [-0.2, -0.15) is 4.98 Å². The van der Waals surface area contributed by atoms with Crippen LogP contribution in [0.2, 0.25) is 0 Å². The van der Waals surface area contributed by atoms with Crippen LogP contribution < -0.4 is 27.8 Å². The van der Waals surface area contributed by atoms with E-state index in [-0.39, 0.29) is 30.2 Å². The Kier molecular flexibility index (Phi) is 10.1. The first kappa shape index (κ1) is 30.6. The zero-order valence-electron chi connectivity index (χ0n) is 22.9. The van der Waals surface area contributed by atoms with E-state index in [1.807, 2.05) is 24.3 Å². The molecule has 2 aromatic rings. The fourth-order valence-corrected chi connectivity index (χ4v) is 4.92. The van der Waals surface area contributed by atoms with E-state index in [0.717, 1.165) is 25.8 Å². The number of hydrogen-bond donors (Lipinski definition) is 4. The highest BCUT2D eigenvalue weighted by atomic mass is 35.5. The number of amides is 3. The molecule has 11 nitrogen and oxygen atoms in total. The number of piperazine rings is 1. The van der Waals surface area contributed by atoms with E-state index >= 15 is 0 Å². The van der Waals surface area contributed by atoms with E-state index in [1.54, 1.807) is 35.9 Å². The van der Waals surface area contributed by atoms with Crippen molar-refractivity contribution in [1.29, 1.82) is 0 Å². The number of rotatable bonds is 8. The lowest BCUT2D eigenvalue weighted by Gasteiger charge is -2.37. The molecule has 12 heteroatoms. The normalized spacial score (nSPS) is 20.0. The molecule has 2 aliphatic rings. The Balaban J connectivity index is 0.00000420. The third-order valence-corrected chi connectivity index (χ3v) is 7.23. The number of benzene rings is 1. The van der Waals surface area contributed by atoms with E-state index in [1.165, 1.54) is 10.1 Å². The van der Waals surface area contributed by atoms with Gasteiger partial charge in [0, 0.05) is 44.5 Å². The molecule has 1 aromatic heterocycles. The molecule has 0 bridgehead atoms. The molecule has 0 radical (unpaired) electrons. The lowest BCUT2D eigenvalue weighted by molar-refractivity contribution is -0.137. The maximum Gasteiger partial charge on any atom is 0.354 e. The average Bonchev–Trinajstić information content (AvgIpc) is 2.86. The summed E-state index contributed by atoms with van der Waals surface area (Å²) in [6, 6.07) is 9.80. The van der Waals surface area contributed by atoms with Crippen molar-refractivity contribution in [3.63, 3.8) is 0 Å². The molecule has 1 unspecified atom stereocenters. The van der Waals surface area contributed by atoms with Gasteiger partial charge < -0.3 is 26.6 Å². The standard InChI is InChI=1S/C27H40N8O3.ClH/c1-18(30-17-20-15-21(28)16-20)14-19-4-6-22(7-5-19)35-9-8-23(32-26(35)38)31-25(37)34-12-10-33(11-13-34)24(36)27(2,3)29;/h4-9,18,20-21,30H,10-17,28-29H2,1-3H3,(H,31,32,37,38);1H/t18?,20-,21+;. The monoisotopic (exact) mass is 560 g/mol. The van der Waals surface area contributed by atoms with Gasteiger partial charge in [0.1, 0.15) is 5.82 Å². The molecule has 1 saturated carbocycles. The number of nitrogens with two attached hydrogens (primary N) is 2. The minimum Gasteiger partial charge on any atom is -0.338 e. The highest BCUT2D eigenvalue weighted by Crippen LogP contribution is 2.24. The van der Waals surface area contributed by atoms with Gasteiger partial charge in [0.05, 0.1) is 11.2 Å². The molecule has 1 aliphatic heterocycles. The molecule has 1 atom stereocenters. The van der Waals surface area contributed by atoms with E-state index in [9.17, 15) is 14.4 Å². The van der Waals surface area contributed by atoms with Crippen molar-refractivity contribution >= 4 is 30.2 Å². The summed E-state index contributed by atoms with van der Waals surface area (Å²) in [7, 11) is 0.